The van der Waals surface area contributed by atoms with Crippen molar-refractivity contribution in [3.8, 4) is 11.5 Å². The zero-order chi connectivity index (χ0) is 10.3. The average Bonchev–Trinajstić information content (AvgIpc) is 2.66. The molecule has 0 amide bonds. The zero-order valence-corrected chi connectivity index (χ0v) is 8.83. The van der Waals surface area contributed by atoms with Gasteiger partial charge < -0.3 is 9.84 Å². The molecule has 2 nitrogen and oxygen atoms in total. The van der Waals surface area contributed by atoms with E-state index in [2.05, 4.69) is 0 Å². The van der Waals surface area contributed by atoms with Crippen molar-refractivity contribution in [2.24, 2.45) is 0 Å². The minimum absolute atomic E-state index is 0.0980. The summed E-state index contributed by atoms with van der Waals surface area (Å²) in [5.41, 5.74) is 1.09. The molecule has 1 spiro atoms. The van der Waals surface area contributed by atoms with Gasteiger partial charge in [0.25, 0.3) is 0 Å². The first-order valence-corrected chi connectivity index (χ1v) is 5.79. The van der Waals surface area contributed by atoms with Gasteiger partial charge >= 0.3 is 0 Å². The molecule has 3 rings (SSSR count). The lowest BCUT2D eigenvalue weighted by Crippen LogP contribution is -2.36. The Labute approximate surface area is 89.9 Å². The lowest BCUT2D eigenvalue weighted by Gasteiger charge is -2.35. The number of hydrogen-bond donors (Lipinski definition) is 1. The maximum Gasteiger partial charge on any atom is 0.127 e. The summed E-state index contributed by atoms with van der Waals surface area (Å²) in [6.45, 7) is 0. The van der Waals surface area contributed by atoms with Crippen molar-refractivity contribution in [3.05, 3.63) is 23.8 Å². The molecule has 0 atom stereocenters. The lowest BCUT2D eigenvalue weighted by molar-refractivity contribution is 0.0525. The largest absolute Gasteiger partial charge is 0.508 e. The highest BCUT2D eigenvalue weighted by molar-refractivity contribution is 5.45. The molecular weight excluding hydrogens is 188 g/mol. The van der Waals surface area contributed by atoms with Crippen LogP contribution in [0, 0.1) is 0 Å². The number of hydrogen-bond acceptors (Lipinski definition) is 2. The number of rotatable bonds is 0. The summed E-state index contributed by atoms with van der Waals surface area (Å²) in [5.74, 6) is 1.29. The summed E-state index contributed by atoms with van der Waals surface area (Å²) in [4.78, 5) is 0. The Bertz CT molecular complexity index is 378. The van der Waals surface area contributed by atoms with Gasteiger partial charge in [0.1, 0.15) is 17.1 Å². The van der Waals surface area contributed by atoms with Crippen molar-refractivity contribution in [2.45, 2.75) is 44.1 Å². The van der Waals surface area contributed by atoms with Crippen LogP contribution in [0.15, 0.2) is 18.2 Å². The van der Waals surface area contributed by atoms with Gasteiger partial charge in [0.2, 0.25) is 0 Å². The Kier molecular flexibility index (Phi) is 1.91. The molecule has 1 heterocycles. The van der Waals surface area contributed by atoms with Gasteiger partial charge in [-0.25, -0.2) is 0 Å². The summed E-state index contributed by atoms with van der Waals surface area (Å²) < 4.78 is 6.10. The molecule has 0 radical (unpaired) electrons. The normalized spacial score (nSPS) is 22.4. The molecule has 0 unspecified atom stereocenters. The fourth-order valence-corrected chi connectivity index (χ4v) is 2.91. The number of phenolic OH excluding ortho intramolecular Hbond substituents is 1. The molecule has 0 aromatic heterocycles. The molecule has 2 heteroatoms. The summed E-state index contributed by atoms with van der Waals surface area (Å²) in [5, 5.41) is 9.71. The van der Waals surface area contributed by atoms with E-state index in [0.717, 1.165) is 24.2 Å². The summed E-state index contributed by atoms with van der Waals surface area (Å²) in [6, 6.07) is 5.59. The first-order valence-electron chi connectivity index (χ1n) is 5.79. The second kappa shape index (κ2) is 3.16. The first-order chi connectivity index (χ1) is 7.29. The zero-order valence-electron chi connectivity index (χ0n) is 8.83. The van der Waals surface area contributed by atoms with Crippen LogP contribution in [0.2, 0.25) is 0 Å². The second-order valence-electron chi connectivity index (χ2n) is 4.75. The molecule has 0 bridgehead atoms. The fourth-order valence-electron chi connectivity index (χ4n) is 2.91. The number of aromatic hydroxyl groups is 1. The van der Waals surface area contributed by atoms with E-state index in [0.29, 0.717) is 5.75 Å². The predicted molar refractivity (Wildman–Crippen MR) is 58.3 cm³/mol. The van der Waals surface area contributed by atoms with Gasteiger partial charge in [0.15, 0.2) is 0 Å². The summed E-state index contributed by atoms with van der Waals surface area (Å²) in [6.07, 6.45) is 6.96. The third-order valence-electron chi connectivity index (χ3n) is 3.78. The minimum Gasteiger partial charge on any atom is -0.508 e. The molecule has 1 aliphatic heterocycles. The van der Waals surface area contributed by atoms with E-state index in [4.69, 9.17) is 4.74 Å². The van der Waals surface area contributed by atoms with Crippen LogP contribution in [0.3, 0.4) is 0 Å². The molecule has 2 aliphatic rings. The average molecular weight is 204 g/mol. The molecule has 1 aromatic rings. The van der Waals surface area contributed by atoms with Gasteiger partial charge in [-0.2, -0.15) is 0 Å². The molecular formula is C13H16O2. The number of fused-ring (bicyclic) bond motifs is 1. The molecule has 1 N–H and O–H groups in total. The van der Waals surface area contributed by atoms with E-state index in [9.17, 15) is 5.11 Å². The van der Waals surface area contributed by atoms with E-state index >= 15 is 0 Å². The Morgan fingerprint density at radius 1 is 1.13 bits per heavy atom. The third kappa shape index (κ3) is 1.39. The Morgan fingerprint density at radius 3 is 2.73 bits per heavy atom. The Morgan fingerprint density at radius 2 is 1.93 bits per heavy atom. The first kappa shape index (κ1) is 9.08. The van der Waals surface area contributed by atoms with Crippen LogP contribution < -0.4 is 4.74 Å². The standard InChI is InChI=1S/C13H16O2/c14-11-4-3-5-12-10(11)6-9-13(15-12)7-1-2-8-13/h3-5,14H,1-2,6-9H2. The van der Waals surface area contributed by atoms with E-state index in [-0.39, 0.29) is 5.60 Å². The topological polar surface area (TPSA) is 29.5 Å². The van der Waals surface area contributed by atoms with E-state index < -0.39 is 0 Å². The van der Waals surface area contributed by atoms with Crippen LogP contribution in [-0.4, -0.2) is 10.7 Å². The minimum atomic E-state index is 0.0980. The molecule has 1 saturated carbocycles. The molecule has 15 heavy (non-hydrogen) atoms. The molecule has 1 aromatic carbocycles. The predicted octanol–water partition coefficient (Wildman–Crippen LogP) is 3.03. The molecule has 0 saturated heterocycles. The van der Waals surface area contributed by atoms with Crippen LogP contribution in [0.5, 0.6) is 11.5 Å². The van der Waals surface area contributed by atoms with Crippen LogP contribution in [0.1, 0.15) is 37.7 Å². The maximum absolute atomic E-state index is 9.71. The van der Waals surface area contributed by atoms with Crippen molar-refractivity contribution in [1.82, 2.24) is 0 Å². The molecule has 1 aliphatic carbocycles. The highest BCUT2D eigenvalue weighted by atomic mass is 16.5. The van der Waals surface area contributed by atoms with Crippen LogP contribution in [-0.2, 0) is 6.42 Å². The molecule has 80 valence electrons. The Hall–Kier alpha value is -1.18. The summed E-state index contributed by atoms with van der Waals surface area (Å²) >= 11 is 0. The highest BCUT2D eigenvalue weighted by Crippen LogP contribution is 2.44. The fraction of sp³-hybridized carbons (Fsp3) is 0.538. The van der Waals surface area contributed by atoms with E-state index in [1.807, 2.05) is 12.1 Å². The van der Waals surface area contributed by atoms with Crippen molar-refractivity contribution in [2.75, 3.05) is 0 Å². The lowest BCUT2D eigenvalue weighted by atomic mass is 9.89. The van der Waals surface area contributed by atoms with Gasteiger partial charge in [-0.15, -0.1) is 0 Å². The summed E-state index contributed by atoms with van der Waals surface area (Å²) in [7, 11) is 0. The van der Waals surface area contributed by atoms with Crippen molar-refractivity contribution >= 4 is 0 Å². The van der Waals surface area contributed by atoms with Gasteiger partial charge in [-0.05, 0) is 50.7 Å². The van der Waals surface area contributed by atoms with Crippen LogP contribution >= 0.6 is 0 Å². The second-order valence-corrected chi connectivity index (χ2v) is 4.75. The van der Waals surface area contributed by atoms with Gasteiger partial charge in [-0.1, -0.05) is 6.07 Å². The SMILES string of the molecule is Oc1cccc2c1CCC1(CCCC1)O2. The smallest absolute Gasteiger partial charge is 0.127 e. The monoisotopic (exact) mass is 204 g/mol. The van der Waals surface area contributed by atoms with Crippen LogP contribution in [0.4, 0.5) is 0 Å². The van der Waals surface area contributed by atoms with Gasteiger partial charge in [0, 0.05) is 5.56 Å². The van der Waals surface area contributed by atoms with Crippen molar-refractivity contribution < 1.29 is 9.84 Å². The number of benzene rings is 1. The van der Waals surface area contributed by atoms with Crippen molar-refractivity contribution in [3.63, 3.8) is 0 Å². The molecule has 1 fully saturated rings. The third-order valence-corrected chi connectivity index (χ3v) is 3.78. The van der Waals surface area contributed by atoms with Crippen LogP contribution in [0.25, 0.3) is 0 Å². The quantitative estimate of drug-likeness (QED) is 0.703. The number of phenols is 1. The van der Waals surface area contributed by atoms with Gasteiger partial charge in [0.05, 0.1) is 0 Å². The Balaban J connectivity index is 1.96. The maximum atomic E-state index is 9.71. The highest BCUT2D eigenvalue weighted by Gasteiger charge is 2.39. The van der Waals surface area contributed by atoms with Gasteiger partial charge in [-0.3, -0.25) is 0 Å². The van der Waals surface area contributed by atoms with Crippen molar-refractivity contribution in [1.29, 1.82) is 0 Å². The number of ether oxygens (including phenoxy) is 1. The van der Waals surface area contributed by atoms with E-state index in [1.54, 1.807) is 6.07 Å². The van der Waals surface area contributed by atoms with E-state index in [1.165, 1.54) is 25.7 Å².